The van der Waals surface area contributed by atoms with Crippen molar-refractivity contribution in [3.63, 3.8) is 0 Å². The molecule has 0 saturated heterocycles. The molecule has 2 aromatic rings. The monoisotopic (exact) mass is 278 g/mol. The van der Waals surface area contributed by atoms with Gasteiger partial charge in [0.2, 0.25) is 0 Å². The van der Waals surface area contributed by atoms with Gasteiger partial charge in [-0.1, -0.05) is 29.8 Å². The Labute approximate surface area is 117 Å². The second-order valence-electron chi connectivity index (χ2n) is 4.31. The van der Waals surface area contributed by atoms with Gasteiger partial charge in [-0.05, 0) is 30.3 Å². The van der Waals surface area contributed by atoms with E-state index in [1.54, 1.807) is 12.1 Å². The molecular formula is C15H16ClFN2. The largest absolute Gasteiger partial charge is 0.383 e. The average molecular weight is 279 g/mol. The molecule has 0 aliphatic heterocycles. The summed E-state index contributed by atoms with van der Waals surface area (Å²) in [7, 11) is 2.04. The molecule has 0 aliphatic rings. The van der Waals surface area contributed by atoms with Crippen LogP contribution in [0.5, 0.6) is 0 Å². The summed E-state index contributed by atoms with van der Waals surface area (Å²) in [4.78, 5) is 2.15. The van der Waals surface area contributed by atoms with Crippen LogP contribution in [0.1, 0.15) is 0 Å². The van der Waals surface area contributed by atoms with Crippen LogP contribution in [-0.2, 0) is 0 Å². The molecule has 100 valence electrons. The van der Waals surface area contributed by atoms with Crippen molar-refractivity contribution in [2.45, 2.75) is 0 Å². The van der Waals surface area contributed by atoms with Crippen LogP contribution in [0.3, 0.4) is 0 Å². The van der Waals surface area contributed by atoms with E-state index in [0.29, 0.717) is 0 Å². The van der Waals surface area contributed by atoms with Crippen LogP contribution < -0.4 is 10.2 Å². The predicted octanol–water partition coefficient (Wildman–Crippen LogP) is 4.03. The molecule has 0 aromatic heterocycles. The normalized spacial score (nSPS) is 10.3. The third-order valence-corrected chi connectivity index (χ3v) is 3.18. The van der Waals surface area contributed by atoms with Gasteiger partial charge >= 0.3 is 0 Å². The van der Waals surface area contributed by atoms with Crippen molar-refractivity contribution in [1.82, 2.24) is 0 Å². The number of para-hydroxylation sites is 1. The van der Waals surface area contributed by atoms with E-state index in [1.165, 1.54) is 11.8 Å². The van der Waals surface area contributed by atoms with Gasteiger partial charge in [0.25, 0.3) is 0 Å². The molecule has 4 heteroatoms. The zero-order valence-corrected chi connectivity index (χ0v) is 11.5. The number of nitrogens with one attached hydrogen (secondary N) is 1. The lowest BCUT2D eigenvalue weighted by molar-refractivity contribution is 0.628. The summed E-state index contributed by atoms with van der Waals surface area (Å²) >= 11 is 5.73. The molecule has 19 heavy (non-hydrogen) atoms. The first-order valence-corrected chi connectivity index (χ1v) is 6.50. The van der Waals surface area contributed by atoms with Crippen LogP contribution in [0.25, 0.3) is 0 Å². The van der Waals surface area contributed by atoms with E-state index in [1.807, 2.05) is 25.2 Å². The molecule has 0 unspecified atom stereocenters. The highest BCUT2D eigenvalue weighted by Gasteiger charge is 2.02. The maximum absolute atomic E-state index is 13.0. The number of benzene rings is 2. The molecule has 0 heterocycles. The van der Waals surface area contributed by atoms with Crippen LogP contribution in [0.15, 0.2) is 48.5 Å². The Morgan fingerprint density at radius 2 is 1.89 bits per heavy atom. The fraction of sp³-hybridized carbons (Fsp3) is 0.200. The molecule has 1 N–H and O–H groups in total. The second kappa shape index (κ2) is 6.43. The first-order chi connectivity index (χ1) is 9.16. The standard InChI is InChI=1S/C15H16ClFN2/c1-19(13-5-3-2-4-6-13)10-9-18-12-7-8-15(17)14(16)11-12/h2-8,11,18H,9-10H2,1H3. The fourth-order valence-corrected chi connectivity index (χ4v) is 1.97. The van der Waals surface area contributed by atoms with Crippen molar-refractivity contribution in [1.29, 1.82) is 0 Å². The number of anilines is 2. The Morgan fingerprint density at radius 3 is 2.58 bits per heavy atom. The van der Waals surface area contributed by atoms with Gasteiger partial charge in [0, 0.05) is 31.5 Å². The molecule has 2 aromatic carbocycles. The zero-order valence-electron chi connectivity index (χ0n) is 10.7. The summed E-state index contributed by atoms with van der Waals surface area (Å²) < 4.78 is 13.0. The number of nitrogens with zero attached hydrogens (tertiary/aromatic N) is 1. The molecule has 0 aliphatic carbocycles. The minimum atomic E-state index is -0.395. The van der Waals surface area contributed by atoms with Crippen molar-refractivity contribution in [3.8, 4) is 0 Å². The summed E-state index contributed by atoms with van der Waals surface area (Å²) in [5.41, 5.74) is 1.99. The fourth-order valence-electron chi connectivity index (χ4n) is 1.79. The van der Waals surface area contributed by atoms with Gasteiger partial charge in [-0.15, -0.1) is 0 Å². The van der Waals surface area contributed by atoms with E-state index in [4.69, 9.17) is 11.6 Å². The molecule has 0 saturated carbocycles. The van der Waals surface area contributed by atoms with Gasteiger partial charge in [-0.2, -0.15) is 0 Å². The maximum Gasteiger partial charge on any atom is 0.141 e. The molecule has 0 atom stereocenters. The zero-order chi connectivity index (χ0) is 13.7. The number of hydrogen-bond donors (Lipinski definition) is 1. The molecule has 0 bridgehead atoms. The minimum Gasteiger partial charge on any atom is -0.383 e. The van der Waals surface area contributed by atoms with Crippen molar-refractivity contribution in [2.75, 3.05) is 30.4 Å². The van der Waals surface area contributed by atoms with Gasteiger partial charge in [0.05, 0.1) is 5.02 Å². The number of likely N-dealkylation sites (N-methyl/N-ethyl adjacent to an activating group) is 1. The number of hydrogen-bond acceptors (Lipinski definition) is 2. The topological polar surface area (TPSA) is 15.3 Å². The Hall–Kier alpha value is -1.74. The molecule has 2 nitrogen and oxygen atoms in total. The van der Waals surface area contributed by atoms with Crippen molar-refractivity contribution < 1.29 is 4.39 Å². The minimum absolute atomic E-state index is 0.140. The Morgan fingerprint density at radius 1 is 1.16 bits per heavy atom. The molecular weight excluding hydrogens is 263 g/mol. The van der Waals surface area contributed by atoms with Crippen LogP contribution >= 0.6 is 11.6 Å². The van der Waals surface area contributed by atoms with Crippen molar-refractivity contribution in [2.24, 2.45) is 0 Å². The molecule has 0 fully saturated rings. The summed E-state index contributed by atoms with van der Waals surface area (Å²) in [6, 6.07) is 14.8. The van der Waals surface area contributed by atoms with Gasteiger partial charge in [0.15, 0.2) is 0 Å². The van der Waals surface area contributed by atoms with Crippen LogP contribution in [0.2, 0.25) is 5.02 Å². The summed E-state index contributed by atoms with van der Waals surface area (Å²) in [6.07, 6.45) is 0. The third-order valence-electron chi connectivity index (χ3n) is 2.89. The maximum atomic E-state index is 13.0. The Kier molecular flexibility index (Phi) is 4.63. The Balaban J connectivity index is 1.85. The van der Waals surface area contributed by atoms with Gasteiger partial charge in [-0.3, -0.25) is 0 Å². The van der Waals surface area contributed by atoms with E-state index >= 15 is 0 Å². The van der Waals surface area contributed by atoms with Crippen molar-refractivity contribution >= 4 is 23.0 Å². The highest BCUT2D eigenvalue weighted by atomic mass is 35.5. The SMILES string of the molecule is CN(CCNc1ccc(F)c(Cl)c1)c1ccccc1. The van der Waals surface area contributed by atoms with Crippen LogP contribution in [0.4, 0.5) is 15.8 Å². The summed E-state index contributed by atoms with van der Waals surface area (Å²) in [6.45, 7) is 1.60. The van der Waals surface area contributed by atoms with E-state index in [9.17, 15) is 4.39 Å². The quantitative estimate of drug-likeness (QED) is 0.888. The first kappa shape index (κ1) is 13.7. The number of halogens is 2. The summed E-state index contributed by atoms with van der Waals surface area (Å²) in [5.74, 6) is -0.395. The van der Waals surface area contributed by atoms with E-state index < -0.39 is 5.82 Å². The molecule has 0 spiro atoms. The van der Waals surface area contributed by atoms with Crippen molar-refractivity contribution in [3.05, 3.63) is 59.4 Å². The van der Waals surface area contributed by atoms with E-state index in [-0.39, 0.29) is 5.02 Å². The van der Waals surface area contributed by atoms with Gasteiger partial charge in [-0.25, -0.2) is 4.39 Å². The average Bonchev–Trinajstić information content (AvgIpc) is 2.43. The van der Waals surface area contributed by atoms with Gasteiger partial charge < -0.3 is 10.2 Å². The first-order valence-electron chi connectivity index (χ1n) is 6.12. The molecule has 2 rings (SSSR count). The van der Waals surface area contributed by atoms with Crippen LogP contribution in [-0.4, -0.2) is 20.1 Å². The Bertz CT molecular complexity index is 531. The third kappa shape index (κ3) is 3.86. The molecule has 0 amide bonds. The lowest BCUT2D eigenvalue weighted by Crippen LogP contribution is -2.24. The smallest absolute Gasteiger partial charge is 0.141 e. The highest BCUT2D eigenvalue weighted by Crippen LogP contribution is 2.19. The number of rotatable bonds is 5. The molecule has 0 radical (unpaired) electrons. The van der Waals surface area contributed by atoms with Gasteiger partial charge in [0.1, 0.15) is 5.82 Å². The second-order valence-corrected chi connectivity index (χ2v) is 4.72. The van der Waals surface area contributed by atoms with E-state index in [0.717, 1.165) is 18.8 Å². The van der Waals surface area contributed by atoms with Crippen LogP contribution in [0, 0.1) is 5.82 Å². The van der Waals surface area contributed by atoms with E-state index in [2.05, 4.69) is 22.3 Å². The predicted molar refractivity (Wildman–Crippen MR) is 79.6 cm³/mol. The highest BCUT2D eigenvalue weighted by molar-refractivity contribution is 6.31. The summed E-state index contributed by atoms with van der Waals surface area (Å²) in [5, 5.41) is 3.36. The lowest BCUT2D eigenvalue weighted by Gasteiger charge is -2.19. The lowest BCUT2D eigenvalue weighted by atomic mass is 10.3.